The maximum atomic E-state index is 12.8. The molecule has 0 atom stereocenters. The van der Waals surface area contributed by atoms with Gasteiger partial charge < -0.3 is 15.5 Å². The lowest BCUT2D eigenvalue weighted by atomic mass is 10.1. The quantitative estimate of drug-likeness (QED) is 0.441. The Labute approximate surface area is 182 Å². The highest BCUT2D eigenvalue weighted by molar-refractivity contribution is 7.89. The number of pyridine rings is 1. The standard InChI is InChI=1S/C20H21F2N5O4S/c21-7-14(8-22)27-10-13(11-27)26-32(29,30)16-1-2-17(19(23)28)18(6-16)31-15-5-12-3-4-24-20(12)25-9-15/h1-6,9,13-14,26H,7-8,10-11H2,(H2,23,28)(H,24,25). The lowest BCUT2D eigenvalue weighted by Gasteiger charge is -2.42. The fourth-order valence-electron chi connectivity index (χ4n) is 3.47. The number of rotatable bonds is 9. The minimum absolute atomic E-state index is 0.00154. The molecule has 1 fully saturated rings. The molecule has 32 heavy (non-hydrogen) atoms. The topological polar surface area (TPSA) is 130 Å². The number of aromatic nitrogens is 2. The third-order valence-corrected chi connectivity index (χ3v) is 6.75. The third kappa shape index (κ3) is 4.42. The molecule has 4 rings (SSSR count). The van der Waals surface area contributed by atoms with E-state index >= 15 is 0 Å². The number of carbonyl (C=O) groups is 1. The highest BCUT2D eigenvalue weighted by atomic mass is 32.2. The number of sulfonamides is 1. The van der Waals surface area contributed by atoms with Crippen LogP contribution in [0.1, 0.15) is 10.4 Å². The van der Waals surface area contributed by atoms with E-state index in [1.54, 1.807) is 18.3 Å². The predicted molar refractivity (Wildman–Crippen MR) is 113 cm³/mol. The van der Waals surface area contributed by atoms with E-state index in [0.29, 0.717) is 11.4 Å². The molecule has 1 saturated heterocycles. The van der Waals surface area contributed by atoms with Crippen LogP contribution in [0.2, 0.25) is 0 Å². The number of amides is 1. The number of ether oxygens (including phenoxy) is 1. The highest BCUT2D eigenvalue weighted by Crippen LogP contribution is 2.29. The molecule has 12 heteroatoms. The van der Waals surface area contributed by atoms with Gasteiger partial charge in [-0.1, -0.05) is 0 Å². The molecule has 3 aromatic rings. The van der Waals surface area contributed by atoms with Crippen molar-refractivity contribution >= 4 is 27.0 Å². The van der Waals surface area contributed by atoms with Crippen molar-refractivity contribution in [2.75, 3.05) is 26.4 Å². The van der Waals surface area contributed by atoms with Crippen molar-refractivity contribution < 1.29 is 26.7 Å². The first kappa shape index (κ1) is 22.1. The molecule has 0 spiro atoms. The SMILES string of the molecule is NC(=O)c1ccc(S(=O)(=O)NC2CN(C(CF)CF)C2)cc1Oc1cnc2[nH]ccc2c1. The molecule has 0 saturated carbocycles. The van der Waals surface area contributed by atoms with Crippen LogP contribution in [0.25, 0.3) is 11.0 Å². The van der Waals surface area contributed by atoms with Gasteiger partial charge in [0.15, 0.2) is 0 Å². The molecule has 170 valence electrons. The number of H-pyrrole nitrogens is 1. The van der Waals surface area contributed by atoms with E-state index in [9.17, 15) is 22.0 Å². The van der Waals surface area contributed by atoms with Crippen LogP contribution in [-0.2, 0) is 10.0 Å². The Morgan fingerprint density at radius 1 is 1.28 bits per heavy atom. The molecule has 9 nitrogen and oxygen atoms in total. The van der Waals surface area contributed by atoms with Crippen LogP contribution >= 0.6 is 0 Å². The number of hydrogen-bond acceptors (Lipinski definition) is 6. The van der Waals surface area contributed by atoms with Gasteiger partial charge in [-0.15, -0.1) is 0 Å². The summed E-state index contributed by atoms with van der Waals surface area (Å²) in [6, 6.07) is 5.82. The van der Waals surface area contributed by atoms with E-state index in [0.717, 1.165) is 5.39 Å². The van der Waals surface area contributed by atoms with Crippen molar-refractivity contribution in [3.8, 4) is 11.5 Å². The van der Waals surface area contributed by atoms with Crippen LogP contribution in [0.15, 0.2) is 47.6 Å². The Kier molecular flexibility index (Phi) is 6.09. The van der Waals surface area contributed by atoms with Crippen molar-refractivity contribution in [1.82, 2.24) is 19.6 Å². The largest absolute Gasteiger partial charge is 0.455 e. The fourth-order valence-corrected chi connectivity index (χ4v) is 4.70. The molecule has 1 aromatic carbocycles. The lowest BCUT2D eigenvalue weighted by molar-refractivity contribution is 0.0572. The average Bonchev–Trinajstić information content (AvgIpc) is 3.20. The summed E-state index contributed by atoms with van der Waals surface area (Å²) in [6.07, 6.45) is 3.14. The van der Waals surface area contributed by atoms with Crippen LogP contribution < -0.4 is 15.2 Å². The zero-order valence-corrected chi connectivity index (χ0v) is 17.6. The molecule has 0 radical (unpaired) electrons. The van der Waals surface area contributed by atoms with E-state index < -0.39 is 41.4 Å². The highest BCUT2D eigenvalue weighted by Gasteiger charge is 2.35. The van der Waals surface area contributed by atoms with Crippen molar-refractivity contribution in [3.05, 3.63) is 48.3 Å². The molecule has 1 aliphatic rings. The zero-order chi connectivity index (χ0) is 22.9. The molecular formula is C20H21F2N5O4S. The number of primary amides is 1. The van der Waals surface area contributed by atoms with Crippen LogP contribution in [0.5, 0.6) is 11.5 Å². The summed E-state index contributed by atoms with van der Waals surface area (Å²) < 4.78 is 59.4. The number of likely N-dealkylation sites (tertiary alicyclic amines) is 1. The number of carbonyl (C=O) groups excluding carboxylic acids is 1. The van der Waals surface area contributed by atoms with Crippen LogP contribution in [0.4, 0.5) is 8.78 Å². The number of benzene rings is 1. The van der Waals surface area contributed by atoms with Gasteiger partial charge >= 0.3 is 0 Å². The van der Waals surface area contributed by atoms with Crippen LogP contribution in [0.3, 0.4) is 0 Å². The maximum absolute atomic E-state index is 12.8. The molecule has 3 heterocycles. The minimum Gasteiger partial charge on any atom is -0.455 e. The van der Waals surface area contributed by atoms with Gasteiger partial charge in [0.25, 0.3) is 5.91 Å². The van der Waals surface area contributed by atoms with E-state index in [4.69, 9.17) is 10.5 Å². The van der Waals surface area contributed by atoms with Gasteiger partial charge in [0.05, 0.1) is 22.7 Å². The number of nitrogens with zero attached hydrogens (tertiary/aromatic N) is 2. The predicted octanol–water partition coefficient (Wildman–Crippen LogP) is 1.72. The third-order valence-electron chi connectivity index (χ3n) is 5.24. The first-order valence-corrected chi connectivity index (χ1v) is 11.2. The first-order chi connectivity index (χ1) is 15.3. The van der Waals surface area contributed by atoms with E-state index in [-0.39, 0.29) is 29.3 Å². The summed E-state index contributed by atoms with van der Waals surface area (Å²) in [4.78, 5) is 20.3. The van der Waals surface area contributed by atoms with E-state index in [1.807, 2.05) is 0 Å². The number of aromatic amines is 1. The van der Waals surface area contributed by atoms with Crippen molar-refractivity contribution in [2.24, 2.45) is 5.73 Å². The van der Waals surface area contributed by atoms with E-state index in [2.05, 4.69) is 14.7 Å². The van der Waals surface area contributed by atoms with Gasteiger partial charge in [0.2, 0.25) is 10.0 Å². The number of halogens is 2. The molecule has 2 aromatic heterocycles. The Morgan fingerprint density at radius 2 is 2.03 bits per heavy atom. The second-order valence-corrected chi connectivity index (χ2v) is 9.16. The Bertz CT molecular complexity index is 1240. The smallest absolute Gasteiger partial charge is 0.252 e. The number of nitrogens with two attached hydrogens (primary N) is 1. The van der Waals surface area contributed by atoms with Gasteiger partial charge in [-0.25, -0.2) is 26.9 Å². The van der Waals surface area contributed by atoms with Crippen LogP contribution in [-0.4, -0.2) is 67.7 Å². The maximum Gasteiger partial charge on any atom is 0.252 e. The molecular weight excluding hydrogens is 444 g/mol. The second kappa shape index (κ2) is 8.81. The zero-order valence-electron chi connectivity index (χ0n) is 16.8. The second-order valence-electron chi connectivity index (χ2n) is 7.45. The number of fused-ring (bicyclic) bond motifs is 1. The first-order valence-electron chi connectivity index (χ1n) is 9.74. The monoisotopic (exact) mass is 465 g/mol. The summed E-state index contributed by atoms with van der Waals surface area (Å²) in [5.41, 5.74) is 6.06. The van der Waals surface area contributed by atoms with Crippen molar-refractivity contribution in [3.63, 3.8) is 0 Å². The van der Waals surface area contributed by atoms with Gasteiger partial charge in [-0.05, 0) is 24.3 Å². The Balaban J connectivity index is 1.55. The Morgan fingerprint density at radius 3 is 2.72 bits per heavy atom. The molecule has 4 N–H and O–H groups in total. The van der Waals surface area contributed by atoms with E-state index in [1.165, 1.54) is 29.3 Å². The summed E-state index contributed by atoms with van der Waals surface area (Å²) in [6.45, 7) is -1.28. The minimum atomic E-state index is -3.98. The summed E-state index contributed by atoms with van der Waals surface area (Å²) in [5, 5.41) is 0.767. The van der Waals surface area contributed by atoms with Crippen molar-refractivity contribution in [1.29, 1.82) is 0 Å². The average molecular weight is 465 g/mol. The summed E-state index contributed by atoms with van der Waals surface area (Å²) in [5.74, 6) is -0.534. The van der Waals surface area contributed by atoms with Gasteiger partial charge in [-0.3, -0.25) is 9.69 Å². The summed E-state index contributed by atoms with van der Waals surface area (Å²) in [7, 11) is -3.98. The number of alkyl halides is 2. The van der Waals surface area contributed by atoms with Gasteiger partial charge in [-0.2, -0.15) is 0 Å². The number of nitrogens with one attached hydrogen (secondary N) is 2. The fraction of sp³-hybridized carbons (Fsp3) is 0.300. The number of hydrogen-bond donors (Lipinski definition) is 3. The molecule has 0 unspecified atom stereocenters. The molecule has 1 amide bonds. The lowest BCUT2D eigenvalue weighted by Crippen LogP contribution is -2.62. The molecule has 0 aliphatic carbocycles. The van der Waals surface area contributed by atoms with Gasteiger partial charge in [0.1, 0.15) is 30.5 Å². The van der Waals surface area contributed by atoms with Gasteiger partial charge in [0, 0.05) is 36.8 Å². The molecule has 1 aliphatic heterocycles. The molecule has 0 bridgehead atoms. The van der Waals surface area contributed by atoms with Crippen LogP contribution in [0, 0.1) is 0 Å². The Hall–Kier alpha value is -3.09. The normalized spacial score (nSPS) is 15.2. The summed E-state index contributed by atoms with van der Waals surface area (Å²) >= 11 is 0. The van der Waals surface area contributed by atoms with Crippen molar-refractivity contribution in [2.45, 2.75) is 17.0 Å².